The van der Waals surface area contributed by atoms with Crippen molar-refractivity contribution in [1.82, 2.24) is 5.32 Å². The SMILES string of the molecule is COC(=O)c1ccccc1NC(=O)COC(=O)/C(=C\c1ccccc1)NC(C)=O. The molecule has 2 N–H and O–H groups in total. The summed E-state index contributed by atoms with van der Waals surface area (Å²) in [5.41, 5.74) is 0.955. The smallest absolute Gasteiger partial charge is 0.355 e. The van der Waals surface area contributed by atoms with Crippen molar-refractivity contribution in [3.05, 3.63) is 71.4 Å². The molecule has 0 atom stereocenters. The number of hydrogen-bond donors (Lipinski definition) is 2. The first-order chi connectivity index (χ1) is 13.9. The van der Waals surface area contributed by atoms with Crippen LogP contribution < -0.4 is 10.6 Å². The van der Waals surface area contributed by atoms with Crippen LogP contribution in [0.5, 0.6) is 0 Å². The van der Waals surface area contributed by atoms with Gasteiger partial charge in [0.15, 0.2) is 6.61 Å². The van der Waals surface area contributed by atoms with Crippen molar-refractivity contribution in [3.8, 4) is 0 Å². The van der Waals surface area contributed by atoms with Crippen LogP contribution in [0.2, 0.25) is 0 Å². The minimum atomic E-state index is -0.875. The number of carbonyl (C=O) groups excluding carboxylic acids is 4. The van der Waals surface area contributed by atoms with E-state index in [1.807, 2.05) is 6.07 Å². The van der Waals surface area contributed by atoms with Crippen molar-refractivity contribution >= 4 is 35.5 Å². The molecule has 0 fully saturated rings. The third kappa shape index (κ3) is 6.62. The molecule has 0 aliphatic heterocycles. The highest BCUT2D eigenvalue weighted by molar-refractivity contribution is 6.03. The lowest BCUT2D eigenvalue weighted by Gasteiger charge is -2.11. The Labute approximate surface area is 167 Å². The second-order valence-electron chi connectivity index (χ2n) is 5.81. The quantitative estimate of drug-likeness (QED) is 0.548. The van der Waals surface area contributed by atoms with Gasteiger partial charge in [-0.2, -0.15) is 0 Å². The first-order valence-electron chi connectivity index (χ1n) is 8.59. The number of hydrogen-bond acceptors (Lipinski definition) is 6. The molecule has 0 aliphatic rings. The van der Waals surface area contributed by atoms with E-state index in [1.54, 1.807) is 36.4 Å². The van der Waals surface area contributed by atoms with E-state index in [0.717, 1.165) is 0 Å². The van der Waals surface area contributed by atoms with E-state index in [4.69, 9.17) is 4.74 Å². The molecule has 29 heavy (non-hydrogen) atoms. The van der Waals surface area contributed by atoms with Crippen molar-refractivity contribution in [3.63, 3.8) is 0 Å². The van der Waals surface area contributed by atoms with Crippen LogP contribution in [0.3, 0.4) is 0 Å². The Morgan fingerprint density at radius 3 is 2.28 bits per heavy atom. The molecule has 0 saturated carbocycles. The average Bonchev–Trinajstić information content (AvgIpc) is 2.71. The highest BCUT2D eigenvalue weighted by Gasteiger charge is 2.17. The highest BCUT2D eigenvalue weighted by Crippen LogP contribution is 2.16. The fourth-order valence-corrected chi connectivity index (χ4v) is 2.33. The van der Waals surface area contributed by atoms with Gasteiger partial charge in [0.05, 0.1) is 18.4 Å². The molecule has 0 heterocycles. The zero-order chi connectivity index (χ0) is 21.2. The number of para-hydroxylation sites is 1. The molecule has 2 rings (SSSR count). The molecule has 150 valence electrons. The summed E-state index contributed by atoms with van der Waals surface area (Å²) in [5.74, 6) is -2.60. The fraction of sp³-hybridized carbons (Fsp3) is 0.143. The van der Waals surface area contributed by atoms with Crippen molar-refractivity contribution in [2.24, 2.45) is 0 Å². The number of anilines is 1. The molecule has 8 nitrogen and oxygen atoms in total. The van der Waals surface area contributed by atoms with Gasteiger partial charge in [0.2, 0.25) is 5.91 Å². The molecule has 0 radical (unpaired) electrons. The number of benzene rings is 2. The number of amides is 2. The first kappa shape index (κ1) is 21.4. The van der Waals surface area contributed by atoms with Crippen LogP contribution in [0.1, 0.15) is 22.8 Å². The Kier molecular flexibility index (Phi) is 7.67. The minimum Gasteiger partial charge on any atom is -0.465 e. The van der Waals surface area contributed by atoms with Gasteiger partial charge in [-0.1, -0.05) is 42.5 Å². The summed E-state index contributed by atoms with van der Waals surface area (Å²) in [6, 6.07) is 15.1. The van der Waals surface area contributed by atoms with Crippen molar-refractivity contribution in [1.29, 1.82) is 0 Å². The average molecular weight is 396 g/mol. The summed E-state index contributed by atoms with van der Waals surface area (Å²) < 4.78 is 9.65. The van der Waals surface area contributed by atoms with Crippen LogP contribution >= 0.6 is 0 Å². The van der Waals surface area contributed by atoms with E-state index in [9.17, 15) is 19.2 Å². The van der Waals surface area contributed by atoms with Gasteiger partial charge < -0.3 is 20.1 Å². The molecule has 0 aromatic heterocycles. The lowest BCUT2D eigenvalue weighted by atomic mass is 10.2. The van der Waals surface area contributed by atoms with Gasteiger partial charge in [0.1, 0.15) is 5.70 Å². The van der Waals surface area contributed by atoms with Crippen LogP contribution in [-0.2, 0) is 23.9 Å². The molecule has 0 spiro atoms. The molecule has 2 aromatic rings. The van der Waals surface area contributed by atoms with Crippen LogP contribution in [0.4, 0.5) is 5.69 Å². The van der Waals surface area contributed by atoms with Crippen molar-refractivity contribution in [2.45, 2.75) is 6.92 Å². The molecule has 0 bridgehead atoms. The number of nitrogens with one attached hydrogen (secondary N) is 2. The lowest BCUT2D eigenvalue weighted by Crippen LogP contribution is -2.29. The Morgan fingerprint density at radius 1 is 0.966 bits per heavy atom. The van der Waals surface area contributed by atoms with Crippen LogP contribution in [0.15, 0.2) is 60.3 Å². The van der Waals surface area contributed by atoms with Crippen LogP contribution in [0, 0.1) is 0 Å². The number of methoxy groups -OCH3 is 1. The van der Waals surface area contributed by atoms with E-state index in [-0.39, 0.29) is 16.9 Å². The molecular formula is C21H20N2O6. The standard InChI is InChI=1S/C21H20N2O6/c1-14(24)22-18(12-15-8-4-3-5-9-15)21(27)29-13-19(25)23-17-11-7-6-10-16(17)20(26)28-2/h3-12H,13H2,1-2H3,(H,22,24)(H,23,25)/b18-12+. The van der Waals surface area contributed by atoms with Gasteiger partial charge in [0.25, 0.3) is 5.91 Å². The molecule has 8 heteroatoms. The Bertz CT molecular complexity index is 937. The van der Waals surface area contributed by atoms with E-state index < -0.39 is 30.4 Å². The fourth-order valence-electron chi connectivity index (χ4n) is 2.33. The van der Waals surface area contributed by atoms with Crippen molar-refractivity contribution in [2.75, 3.05) is 19.0 Å². The molecule has 2 amide bonds. The second kappa shape index (κ2) is 10.4. The number of carbonyl (C=O) groups is 4. The summed E-state index contributed by atoms with van der Waals surface area (Å²) in [4.78, 5) is 47.6. The maximum atomic E-state index is 12.3. The monoisotopic (exact) mass is 396 g/mol. The first-order valence-corrected chi connectivity index (χ1v) is 8.59. The highest BCUT2D eigenvalue weighted by atomic mass is 16.5. The predicted molar refractivity (Wildman–Crippen MR) is 106 cm³/mol. The minimum absolute atomic E-state index is 0.105. The number of esters is 2. The third-order valence-corrected chi connectivity index (χ3v) is 3.58. The van der Waals surface area contributed by atoms with Gasteiger partial charge in [-0.05, 0) is 23.8 Å². The maximum absolute atomic E-state index is 12.3. The topological polar surface area (TPSA) is 111 Å². The Morgan fingerprint density at radius 2 is 1.62 bits per heavy atom. The normalized spacial score (nSPS) is 10.6. The van der Waals surface area contributed by atoms with Gasteiger partial charge in [-0.15, -0.1) is 0 Å². The summed E-state index contributed by atoms with van der Waals surface area (Å²) >= 11 is 0. The molecule has 0 aliphatic carbocycles. The zero-order valence-electron chi connectivity index (χ0n) is 15.9. The predicted octanol–water partition coefficient (Wildman–Crippen LogP) is 2.13. The summed E-state index contributed by atoms with van der Waals surface area (Å²) in [6.07, 6.45) is 1.44. The maximum Gasteiger partial charge on any atom is 0.355 e. The number of rotatable bonds is 7. The second-order valence-corrected chi connectivity index (χ2v) is 5.81. The van der Waals surface area contributed by atoms with Gasteiger partial charge in [-0.3, -0.25) is 9.59 Å². The molecular weight excluding hydrogens is 376 g/mol. The van der Waals surface area contributed by atoms with Gasteiger partial charge >= 0.3 is 11.9 Å². The lowest BCUT2D eigenvalue weighted by molar-refractivity contribution is -0.144. The zero-order valence-corrected chi connectivity index (χ0v) is 15.9. The van der Waals surface area contributed by atoms with E-state index in [1.165, 1.54) is 32.2 Å². The van der Waals surface area contributed by atoms with Crippen LogP contribution in [-0.4, -0.2) is 37.5 Å². The number of ether oxygens (including phenoxy) is 2. The van der Waals surface area contributed by atoms with E-state index >= 15 is 0 Å². The Hall–Kier alpha value is -3.94. The third-order valence-electron chi connectivity index (χ3n) is 3.58. The van der Waals surface area contributed by atoms with E-state index in [0.29, 0.717) is 5.56 Å². The molecule has 0 saturated heterocycles. The largest absolute Gasteiger partial charge is 0.465 e. The molecule has 2 aromatic carbocycles. The van der Waals surface area contributed by atoms with E-state index in [2.05, 4.69) is 15.4 Å². The summed E-state index contributed by atoms with van der Waals surface area (Å²) in [6.45, 7) is 0.641. The van der Waals surface area contributed by atoms with Crippen molar-refractivity contribution < 1.29 is 28.7 Å². The summed E-state index contributed by atoms with van der Waals surface area (Å²) in [5, 5.41) is 4.87. The molecule has 0 unspecified atom stereocenters. The Balaban J connectivity index is 2.04. The van der Waals surface area contributed by atoms with Gasteiger partial charge in [0, 0.05) is 6.92 Å². The van der Waals surface area contributed by atoms with Crippen LogP contribution in [0.25, 0.3) is 6.08 Å². The summed E-state index contributed by atoms with van der Waals surface area (Å²) in [7, 11) is 1.23. The van der Waals surface area contributed by atoms with Gasteiger partial charge in [-0.25, -0.2) is 9.59 Å².